The zero-order chi connectivity index (χ0) is 20.8. The van der Waals surface area contributed by atoms with Gasteiger partial charge in [0.25, 0.3) is 0 Å². The zero-order valence-corrected chi connectivity index (χ0v) is 16.1. The first-order valence-electron chi connectivity index (χ1n) is 9.34. The summed E-state index contributed by atoms with van der Waals surface area (Å²) in [6, 6.07) is 16.8. The summed E-state index contributed by atoms with van der Waals surface area (Å²) in [5.41, 5.74) is 0.675. The molecule has 0 spiro atoms. The molecule has 2 aromatic rings. The van der Waals surface area contributed by atoms with Crippen molar-refractivity contribution in [2.45, 2.75) is 44.9 Å². The van der Waals surface area contributed by atoms with Gasteiger partial charge < -0.3 is 18.9 Å². The number of hydrogen-bond donors (Lipinski definition) is 0. The fourth-order valence-corrected chi connectivity index (χ4v) is 3.08. The highest BCUT2D eigenvalue weighted by molar-refractivity contribution is 5.90. The van der Waals surface area contributed by atoms with Crippen molar-refractivity contribution in [1.29, 1.82) is 0 Å². The summed E-state index contributed by atoms with van der Waals surface area (Å²) in [6.07, 6.45) is -3.32. The minimum absolute atomic E-state index is 0.321. The fraction of sp³-hybridized carbons (Fsp3) is 0.318. The van der Waals surface area contributed by atoms with Crippen molar-refractivity contribution in [1.82, 2.24) is 0 Å². The van der Waals surface area contributed by atoms with E-state index in [-0.39, 0.29) is 0 Å². The quantitative estimate of drug-likeness (QED) is 0.546. The molecule has 0 aliphatic carbocycles. The van der Waals surface area contributed by atoms with Crippen molar-refractivity contribution in [3.63, 3.8) is 0 Å². The van der Waals surface area contributed by atoms with Gasteiger partial charge in [0.1, 0.15) is 6.10 Å². The molecule has 0 radical (unpaired) electrons. The van der Waals surface area contributed by atoms with Crippen LogP contribution in [0, 0.1) is 0 Å². The molecule has 7 heteroatoms. The van der Waals surface area contributed by atoms with Crippen LogP contribution in [-0.4, -0.2) is 42.5 Å². The number of carbonyl (C=O) groups excluding carboxylic acids is 3. The lowest BCUT2D eigenvalue weighted by Crippen LogP contribution is -2.41. The Bertz CT molecular complexity index is 850. The SMILES string of the molecule is CC[C@H]1O[C@@H](OC(C)=O)C(OC(=O)c2ccccc2)[C@H]1OC(=O)c1ccccc1. The van der Waals surface area contributed by atoms with Crippen LogP contribution in [0.3, 0.4) is 0 Å². The van der Waals surface area contributed by atoms with Crippen LogP contribution in [0.1, 0.15) is 41.0 Å². The molecule has 0 amide bonds. The topological polar surface area (TPSA) is 88.1 Å². The predicted octanol–water partition coefficient (Wildman–Crippen LogP) is 3.14. The Morgan fingerprint density at radius 1 is 0.793 bits per heavy atom. The van der Waals surface area contributed by atoms with Crippen LogP contribution in [0.5, 0.6) is 0 Å². The van der Waals surface area contributed by atoms with E-state index in [1.54, 1.807) is 60.7 Å². The Morgan fingerprint density at radius 2 is 1.28 bits per heavy atom. The summed E-state index contributed by atoms with van der Waals surface area (Å²) in [4.78, 5) is 36.6. The third-order valence-corrected chi connectivity index (χ3v) is 4.46. The van der Waals surface area contributed by atoms with Gasteiger partial charge in [0.2, 0.25) is 12.4 Å². The summed E-state index contributed by atoms with van der Waals surface area (Å²) in [6.45, 7) is 3.06. The highest BCUT2D eigenvalue weighted by Gasteiger charge is 2.50. The molecule has 0 bridgehead atoms. The number of carbonyl (C=O) groups is 3. The average Bonchev–Trinajstić information content (AvgIpc) is 3.04. The van der Waals surface area contributed by atoms with Gasteiger partial charge in [-0.05, 0) is 30.7 Å². The van der Waals surface area contributed by atoms with Gasteiger partial charge in [0, 0.05) is 6.92 Å². The molecule has 1 heterocycles. The second kappa shape index (κ2) is 9.34. The maximum Gasteiger partial charge on any atom is 0.338 e. The van der Waals surface area contributed by atoms with Gasteiger partial charge in [0.15, 0.2) is 6.10 Å². The lowest BCUT2D eigenvalue weighted by molar-refractivity contribution is -0.186. The van der Waals surface area contributed by atoms with Gasteiger partial charge in [0.05, 0.1) is 11.1 Å². The van der Waals surface area contributed by atoms with Gasteiger partial charge in [-0.3, -0.25) is 4.79 Å². The number of ether oxygens (including phenoxy) is 4. The molecule has 1 aliphatic rings. The van der Waals surface area contributed by atoms with E-state index in [2.05, 4.69) is 0 Å². The van der Waals surface area contributed by atoms with Gasteiger partial charge in [-0.2, -0.15) is 0 Å². The second-order valence-electron chi connectivity index (χ2n) is 6.53. The Hall–Kier alpha value is -3.19. The molecule has 29 heavy (non-hydrogen) atoms. The van der Waals surface area contributed by atoms with Crippen molar-refractivity contribution in [3.8, 4) is 0 Å². The van der Waals surface area contributed by atoms with Crippen molar-refractivity contribution in [2.24, 2.45) is 0 Å². The summed E-state index contributed by atoms with van der Waals surface area (Å²) in [5.74, 6) is -1.81. The Balaban J connectivity index is 1.83. The Morgan fingerprint density at radius 3 is 1.72 bits per heavy atom. The van der Waals surface area contributed by atoms with E-state index >= 15 is 0 Å². The first-order valence-corrected chi connectivity index (χ1v) is 9.34. The number of benzene rings is 2. The average molecular weight is 398 g/mol. The highest BCUT2D eigenvalue weighted by atomic mass is 16.7. The van der Waals surface area contributed by atoms with Crippen LogP contribution < -0.4 is 0 Å². The summed E-state index contributed by atoms with van der Waals surface area (Å²) in [7, 11) is 0. The fourth-order valence-electron chi connectivity index (χ4n) is 3.08. The molecule has 152 valence electrons. The maximum atomic E-state index is 12.6. The lowest BCUT2D eigenvalue weighted by Gasteiger charge is -2.23. The van der Waals surface area contributed by atoms with Crippen LogP contribution in [-0.2, 0) is 23.7 Å². The first-order chi connectivity index (χ1) is 14.0. The van der Waals surface area contributed by atoms with E-state index in [9.17, 15) is 14.4 Å². The van der Waals surface area contributed by atoms with E-state index in [0.29, 0.717) is 17.5 Å². The van der Waals surface area contributed by atoms with Gasteiger partial charge in [-0.25, -0.2) is 9.59 Å². The molecule has 4 atom stereocenters. The van der Waals surface area contributed by atoms with Crippen LogP contribution >= 0.6 is 0 Å². The van der Waals surface area contributed by atoms with Crippen molar-refractivity contribution >= 4 is 17.9 Å². The predicted molar refractivity (Wildman–Crippen MR) is 102 cm³/mol. The third-order valence-electron chi connectivity index (χ3n) is 4.46. The molecule has 1 aliphatic heterocycles. The maximum absolute atomic E-state index is 12.6. The van der Waals surface area contributed by atoms with E-state index in [1.807, 2.05) is 6.92 Å². The Kier molecular flexibility index (Phi) is 6.61. The van der Waals surface area contributed by atoms with Crippen LogP contribution in [0.4, 0.5) is 0 Å². The zero-order valence-electron chi connectivity index (χ0n) is 16.1. The van der Waals surface area contributed by atoms with E-state index < -0.39 is 42.5 Å². The molecule has 0 N–H and O–H groups in total. The monoisotopic (exact) mass is 398 g/mol. The second-order valence-corrected chi connectivity index (χ2v) is 6.53. The molecule has 1 saturated heterocycles. The number of hydrogen-bond acceptors (Lipinski definition) is 7. The highest BCUT2D eigenvalue weighted by Crippen LogP contribution is 2.31. The molecule has 1 unspecified atom stereocenters. The van der Waals surface area contributed by atoms with Crippen LogP contribution in [0.15, 0.2) is 60.7 Å². The molecular formula is C22H22O7. The van der Waals surface area contributed by atoms with Crippen molar-refractivity contribution in [3.05, 3.63) is 71.8 Å². The molecule has 7 nitrogen and oxygen atoms in total. The van der Waals surface area contributed by atoms with E-state index in [4.69, 9.17) is 18.9 Å². The number of rotatable bonds is 6. The molecule has 2 aromatic carbocycles. The van der Waals surface area contributed by atoms with Gasteiger partial charge >= 0.3 is 17.9 Å². The van der Waals surface area contributed by atoms with Gasteiger partial charge in [-0.15, -0.1) is 0 Å². The minimum atomic E-state index is -1.17. The van der Waals surface area contributed by atoms with Crippen LogP contribution in [0.2, 0.25) is 0 Å². The van der Waals surface area contributed by atoms with E-state index in [1.165, 1.54) is 6.92 Å². The number of esters is 3. The van der Waals surface area contributed by atoms with Crippen molar-refractivity contribution < 1.29 is 33.3 Å². The lowest BCUT2D eigenvalue weighted by atomic mass is 10.1. The Labute approximate surface area is 168 Å². The normalized spacial score (nSPS) is 23.2. The minimum Gasteiger partial charge on any atom is -0.452 e. The molecule has 0 saturated carbocycles. The third kappa shape index (κ3) is 5.00. The standard InChI is InChI=1S/C22H22O7/c1-3-17-18(28-20(24)15-10-6-4-7-11-15)19(22(27-17)26-14(2)23)29-21(25)16-12-8-5-9-13-16/h4-13,17-19,22H,3H2,1-2H3/t17-,18+,19?,22-/m1/s1. The molecule has 3 rings (SSSR count). The summed E-state index contributed by atoms with van der Waals surface area (Å²) >= 11 is 0. The largest absolute Gasteiger partial charge is 0.452 e. The van der Waals surface area contributed by atoms with Crippen LogP contribution in [0.25, 0.3) is 0 Å². The smallest absolute Gasteiger partial charge is 0.338 e. The molecular weight excluding hydrogens is 376 g/mol. The van der Waals surface area contributed by atoms with Gasteiger partial charge in [-0.1, -0.05) is 43.3 Å². The summed E-state index contributed by atoms with van der Waals surface area (Å²) in [5, 5.41) is 0. The molecule has 1 fully saturated rings. The first kappa shape index (κ1) is 20.5. The van der Waals surface area contributed by atoms with Crippen molar-refractivity contribution in [2.75, 3.05) is 0 Å². The summed E-state index contributed by atoms with van der Waals surface area (Å²) < 4.78 is 22.1. The molecule has 0 aromatic heterocycles. The van der Waals surface area contributed by atoms with E-state index in [0.717, 1.165) is 0 Å².